The number of benzene rings is 2. The van der Waals surface area contributed by atoms with Gasteiger partial charge in [-0.1, -0.05) is 36.4 Å². The molecule has 6 nitrogen and oxygen atoms in total. The molecule has 0 N–H and O–H groups in total. The van der Waals surface area contributed by atoms with Crippen molar-refractivity contribution in [1.29, 1.82) is 0 Å². The van der Waals surface area contributed by atoms with Crippen molar-refractivity contribution >= 4 is 11.9 Å². The van der Waals surface area contributed by atoms with Crippen LogP contribution in [0.25, 0.3) is 0 Å². The van der Waals surface area contributed by atoms with Crippen LogP contribution >= 0.6 is 0 Å². The third kappa shape index (κ3) is 5.57. The normalized spacial score (nSPS) is 15.3. The van der Waals surface area contributed by atoms with Crippen LogP contribution in [0.1, 0.15) is 43.2 Å². The Morgan fingerprint density at radius 1 is 1.00 bits per heavy atom. The van der Waals surface area contributed by atoms with Crippen molar-refractivity contribution < 1.29 is 23.8 Å². The fourth-order valence-electron chi connectivity index (χ4n) is 4.16. The molecule has 166 valence electrons. The fourth-order valence-corrected chi connectivity index (χ4v) is 4.16. The second kappa shape index (κ2) is 10.3. The lowest BCUT2D eigenvalue weighted by atomic mass is 9.67. The van der Waals surface area contributed by atoms with E-state index >= 15 is 0 Å². The predicted molar refractivity (Wildman–Crippen MR) is 119 cm³/mol. The average molecular weight is 426 g/mol. The van der Waals surface area contributed by atoms with Gasteiger partial charge in [0.05, 0.1) is 14.2 Å². The third-order valence-electron chi connectivity index (χ3n) is 6.20. The van der Waals surface area contributed by atoms with E-state index in [0.717, 1.165) is 30.4 Å². The van der Waals surface area contributed by atoms with Gasteiger partial charge < -0.3 is 19.1 Å². The summed E-state index contributed by atoms with van der Waals surface area (Å²) in [6.07, 6.45) is 3.01. The Labute approximate surface area is 184 Å². The monoisotopic (exact) mass is 425 g/mol. The zero-order chi connectivity index (χ0) is 22.3. The van der Waals surface area contributed by atoms with E-state index in [2.05, 4.69) is 0 Å². The first kappa shape index (κ1) is 22.7. The zero-order valence-corrected chi connectivity index (χ0v) is 18.6. The fraction of sp³-hybridized carbons (Fsp3) is 0.440. The van der Waals surface area contributed by atoms with Gasteiger partial charge in [0.15, 0.2) is 11.5 Å². The maximum absolute atomic E-state index is 12.5. The number of hydrogen-bond donors (Lipinski definition) is 0. The summed E-state index contributed by atoms with van der Waals surface area (Å²) in [5, 5.41) is 0. The Hall–Kier alpha value is -3.02. The van der Waals surface area contributed by atoms with Gasteiger partial charge in [0.25, 0.3) is 0 Å². The highest BCUT2D eigenvalue weighted by molar-refractivity contribution is 5.79. The molecule has 1 amide bonds. The summed E-state index contributed by atoms with van der Waals surface area (Å²) in [6.45, 7) is 0.787. The van der Waals surface area contributed by atoms with Gasteiger partial charge in [-0.2, -0.15) is 0 Å². The minimum absolute atomic E-state index is 0.193. The molecule has 1 aliphatic rings. The number of ether oxygens (including phenoxy) is 3. The molecule has 0 bridgehead atoms. The molecule has 0 radical (unpaired) electrons. The van der Waals surface area contributed by atoms with E-state index in [-0.39, 0.29) is 18.1 Å². The summed E-state index contributed by atoms with van der Waals surface area (Å²) in [6, 6.07) is 15.6. The molecule has 0 heterocycles. The predicted octanol–water partition coefficient (Wildman–Crippen LogP) is 4.74. The molecule has 0 spiro atoms. The van der Waals surface area contributed by atoms with E-state index in [1.807, 2.05) is 48.5 Å². The van der Waals surface area contributed by atoms with Crippen molar-refractivity contribution in [2.45, 2.75) is 44.1 Å². The zero-order valence-electron chi connectivity index (χ0n) is 18.6. The van der Waals surface area contributed by atoms with Gasteiger partial charge in [-0.15, -0.1) is 0 Å². The summed E-state index contributed by atoms with van der Waals surface area (Å²) < 4.78 is 16.3. The van der Waals surface area contributed by atoms with Crippen molar-refractivity contribution in [1.82, 2.24) is 4.90 Å². The van der Waals surface area contributed by atoms with Gasteiger partial charge in [0.1, 0.15) is 12.4 Å². The minimum atomic E-state index is -0.349. The number of rotatable bonds is 8. The maximum atomic E-state index is 12.5. The molecule has 1 fully saturated rings. The molecule has 2 aromatic carbocycles. The second-order valence-corrected chi connectivity index (χ2v) is 8.10. The number of hydrogen-bond acceptors (Lipinski definition) is 5. The molecule has 0 saturated heterocycles. The van der Waals surface area contributed by atoms with E-state index in [4.69, 9.17) is 14.2 Å². The third-order valence-corrected chi connectivity index (χ3v) is 6.20. The van der Waals surface area contributed by atoms with Gasteiger partial charge in [0.2, 0.25) is 0 Å². The Kier molecular flexibility index (Phi) is 7.55. The highest BCUT2D eigenvalue weighted by Crippen LogP contribution is 2.44. The summed E-state index contributed by atoms with van der Waals surface area (Å²) >= 11 is 0. The van der Waals surface area contributed by atoms with Crippen molar-refractivity contribution in [2.75, 3.05) is 27.8 Å². The standard InChI is InChI=1S/C25H31NO5/c1-26(24(28)31-18-19-7-5-4-6-8-19)16-15-25(13-11-21(27)12-14-25)20-9-10-22(29-2)23(17-20)30-3/h4-10,17H,11-16,18H2,1-3H3. The number of carbonyl (C=O) groups is 2. The van der Waals surface area contributed by atoms with Crippen LogP contribution in [0.4, 0.5) is 4.79 Å². The van der Waals surface area contributed by atoms with Crippen LogP contribution in [-0.4, -0.2) is 44.6 Å². The number of nitrogens with zero attached hydrogens (tertiary/aromatic N) is 1. The SMILES string of the molecule is COc1ccc(C2(CCN(C)C(=O)OCc3ccccc3)CCC(=O)CC2)cc1OC. The average Bonchev–Trinajstić information content (AvgIpc) is 2.82. The van der Waals surface area contributed by atoms with E-state index < -0.39 is 0 Å². The van der Waals surface area contributed by atoms with Crippen LogP contribution < -0.4 is 9.47 Å². The minimum Gasteiger partial charge on any atom is -0.493 e. The number of Topliss-reactive ketones (excluding diaryl/α,β-unsaturated/α-hetero) is 1. The molecule has 0 unspecified atom stereocenters. The Morgan fingerprint density at radius 3 is 2.32 bits per heavy atom. The van der Waals surface area contributed by atoms with Gasteiger partial charge in [-0.05, 0) is 47.9 Å². The molecule has 6 heteroatoms. The van der Waals surface area contributed by atoms with Crippen LogP contribution in [0.3, 0.4) is 0 Å². The quantitative estimate of drug-likeness (QED) is 0.611. The summed E-state index contributed by atoms with van der Waals surface area (Å²) in [7, 11) is 4.99. The van der Waals surface area contributed by atoms with E-state index in [1.54, 1.807) is 26.2 Å². The number of ketones is 1. The summed E-state index contributed by atoms with van der Waals surface area (Å²) in [5.41, 5.74) is 1.88. The number of amides is 1. The maximum Gasteiger partial charge on any atom is 0.409 e. The van der Waals surface area contributed by atoms with Crippen LogP contribution in [0.2, 0.25) is 0 Å². The van der Waals surface area contributed by atoms with Crippen LogP contribution in [-0.2, 0) is 21.6 Å². The Morgan fingerprint density at radius 2 is 1.68 bits per heavy atom. The van der Waals surface area contributed by atoms with Crippen molar-refractivity contribution in [3.05, 3.63) is 59.7 Å². The summed E-state index contributed by atoms with van der Waals surface area (Å²) in [4.78, 5) is 26.0. The Balaban J connectivity index is 1.69. The molecule has 1 saturated carbocycles. The van der Waals surface area contributed by atoms with Crippen LogP contribution in [0.15, 0.2) is 48.5 Å². The molecule has 3 rings (SSSR count). The first-order valence-corrected chi connectivity index (χ1v) is 10.6. The molecular weight excluding hydrogens is 394 g/mol. The molecule has 1 aliphatic carbocycles. The van der Waals surface area contributed by atoms with E-state index in [1.165, 1.54) is 0 Å². The Bertz CT molecular complexity index is 886. The molecule has 0 aromatic heterocycles. The number of methoxy groups -OCH3 is 2. The number of carbonyl (C=O) groups excluding carboxylic acids is 2. The van der Waals surface area contributed by atoms with E-state index in [0.29, 0.717) is 36.7 Å². The first-order valence-electron chi connectivity index (χ1n) is 10.6. The molecule has 0 aliphatic heterocycles. The molecular formula is C25H31NO5. The molecule has 2 aromatic rings. The lowest BCUT2D eigenvalue weighted by molar-refractivity contribution is -0.121. The van der Waals surface area contributed by atoms with Crippen molar-refractivity contribution in [2.24, 2.45) is 0 Å². The van der Waals surface area contributed by atoms with Crippen molar-refractivity contribution in [3.8, 4) is 11.5 Å². The van der Waals surface area contributed by atoms with Crippen molar-refractivity contribution in [3.63, 3.8) is 0 Å². The van der Waals surface area contributed by atoms with Gasteiger partial charge in [-0.3, -0.25) is 4.79 Å². The van der Waals surface area contributed by atoms with Gasteiger partial charge in [0, 0.05) is 26.4 Å². The second-order valence-electron chi connectivity index (χ2n) is 8.10. The smallest absolute Gasteiger partial charge is 0.409 e. The van der Waals surface area contributed by atoms with Crippen LogP contribution in [0, 0.1) is 0 Å². The highest BCUT2D eigenvalue weighted by Gasteiger charge is 2.37. The van der Waals surface area contributed by atoms with Gasteiger partial charge >= 0.3 is 6.09 Å². The topological polar surface area (TPSA) is 65.1 Å². The first-order chi connectivity index (χ1) is 15.0. The highest BCUT2D eigenvalue weighted by atomic mass is 16.6. The largest absolute Gasteiger partial charge is 0.493 e. The van der Waals surface area contributed by atoms with E-state index in [9.17, 15) is 9.59 Å². The van der Waals surface area contributed by atoms with Gasteiger partial charge in [-0.25, -0.2) is 4.79 Å². The summed E-state index contributed by atoms with van der Waals surface area (Å²) in [5.74, 6) is 1.65. The lowest BCUT2D eigenvalue weighted by Gasteiger charge is -2.38. The molecule has 31 heavy (non-hydrogen) atoms. The lowest BCUT2D eigenvalue weighted by Crippen LogP contribution is -2.37. The molecule has 0 atom stereocenters. The van der Waals surface area contributed by atoms with Crippen LogP contribution in [0.5, 0.6) is 11.5 Å².